The van der Waals surface area contributed by atoms with Crippen molar-refractivity contribution in [1.82, 2.24) is 0 Å². The van der Waals surface area contributed by atoms with Crippen molar-refractivity contribution in [2.45, 2.75) is 13.8 Å². The third-order valence-corrected chi connectivity index (χ3v) is 5.50. The molecule has 0 spiro atoms. The van der Waals surface area contributed by atoms with Crippen LogP contribution >= 0.6 is 0 Å². The summed E-state index contributed by atoms with van der Waals surface area (Å²) in [5.74, 6) is -1.41. The Morgan fingerprint density at radius 2 is 0.912 bits per heavy atom. The molecule has 4 nitrogen and oxygen atoms in total. The minimum Gasteiger partial charge on any atom is -0.322 e. The van der Waals surface area contributed by atoms with Crippen LogP contribution in [-0.4, -0.2) is 11.8 Å². The maximum absolute atomic E-state index is 13.1. The Hall–Kier alpha value is -4.32. The maximum Gasteiger partial charge on any atom is 0.255 e. The van der Waals surface area contributed by atoms with Crippen molar-refractivity contribution < 1.29 is 18.4 Å². The van der Waals surface area contributed by atoms with Crippen LogP contribution in [-0.2, 0) is 0 Å². The van der Waals surface area contributed by atoms with E-state index in [4.69, 9.17) is 0 Å². The summed E-state index contributed by atoms with van der Waals surface area (Å²) in [5.41, 5.74) is 5.74. The lowest BCUT2D eigenvalue weighted by molar-refractivity contribution is 0.101. The first-order chi connectivity index (χ1) is 16.3. The lowest BCUT2D eigenvalue weighted by atomic mass is 9.99. The van der Waals surface area contributed by atoms with Gasteiger partial charge in [-0.25, -0.2) is 8.78 Å². The molecule has 0 atom stereocenters. The third kappa shape index (κ3) is 5.18. The Bertz CT molecular complexity index is 1260. The van der Waals surface area contributed by atoms with Crippen molar-refractivity contribution >= 4 is 23.2 Å². The summed E-state index contributed by atoms with van der Waals surface area (Å²) < 4.78 is 26.2. The van der Waals surface area contributed by atoms with E-state index < -0.39 is 11.6 Å². The van der Waals surface area contributed by atoms with Crippen molar-refractivity contribution in [3.05, 3.63) is 119 Å². The summed E-state index contributed by atoms with van der Waals surface area (Å²) in [6, 6.07) is 22.1. The molecule has 4 aromatic rings. The highest BCUT2D eigenvalue weighted by atomic mass is 19.1. The molecule has 0 radical (unpaired) electrons. The molecule has 0 bridgehead atoms. The number of amides is 2. The first-order valence-electron chi connectivity index (χ1n) is 10.7. The van der Waals surface area contributed by atoms with Gasteiger partial charge in [-0.1, -0.05) is 12.1 Å². The average molecular weight is 456 g/mol. The van der Waals surface area contributed by atoms with Crippen LogP contribution in [0.5, 0.6) is 0 Å². The first kappa shape index (κ1) is 22.9. The van der Waals surface area contributed by atoms with E-state index in [1.165, 1.54) is 48.5 Å². The number of halogens is 2. The zero-order chi connectivity index (χ0) is 24.2. The second-order valence-electron chi connectivity index (χ2n) is 7.98. The van der Waals surface area contributed by atoms with Gasteiger partial charge in [-0.15, -0.1) is 0 Å². The van der Waals surface area contributed by atoms with Gasteiger partial charge in [0.25, 0.3) is 11.8 Å². The highest BCUT2D eigenvalue weighted by molar-refractivity contribution is 6.05. The highest BCUT2D eigenvalue weighted by Gasteiger charge is 2.11. The summed E-state index contributed by atoms with van der Waals surface area (Å²) in [6.45, 7) is 3.79. The number of carbonyl (C=O) groups excluding carboxylic acids is 2. The quantitative estimate of drug-likeness (QED) is 0.349. The second-order valence-corrected chi connectivity index (χ2v) is 7.98. The minimum absolute atomic E-state index is 0.312. The Labute approximate surface area is 196 Å². The number of benzene rings is 4. The van der Waals surface area contributed by atoms with Crippen LogP contribution in [0.3, 0.4) is 0 Å². The van der Waals surface area contributed by atoms with Gasteiger partial charge < -0.3 is 10.6 Å². The van der Waals surface area contributed by atoms with Crippen LogP contribution in [0, 0.1) is 25.5 Å². The van der Waals surface area contributed by atoms with Gasteiger partial charge in [0.1, 0.15) is 11.6 Å². The fourth-order valence-electron chi connectivity index (χ4n) is 3.56. The van der Waals surface area contributed by atoms with E-state index in [1.807, 2.05) is 50.2 Å². The van der Waals surface area contributed by atoms with Gasteiger partial charge in [-0.05, 0) is 109 Å². The lowest BCUT2D eigenvalue weighted by Crippen LogP contribution is -2.13. The number of carbonyl (C=O) groups is 2. The molecule has 0 aromatic heterocycles. The van der Waals surface area contributed by atoms with E-state index in [0.29, 0.717) is 22.5 Å². The molecule has 0 unspecified atom stereocenters. The molecule has 0 fully saturated rings. The molecule has 170 valence electrons. The molecule has 0 aliphatic carbocycles. The molecule has 34 heavy (non-hydrogen) atoms. The van der Waals surface area contributed by atoms with Crippen LogP contribution < -0.4 is 10.6 Å². The van der Waals surface area contributed by atoms with Crippen molar-refractivity contribution in [1.29, 1.82) is 0 Å². The number of hydrogen-bond donors (Lipinski definition) is 2. The summed E-state index contributed by atoms with van der Waals surface area (Å²) in [5, 5.41) is 5.71. The first-order valence-corrected chi connectivity index (χ1v) is 10.7. The molecule has 0 aliphatic rings. The third-order valence-electron chi connectivity index (χ3n) is 5.50. The standard InChI is InChI=1S/C28H22F2N2O2/c1-17-15-21(7-13-25(17)31-27(33)19-3-9-23(29)10-4-19)22-8-14-26(18(2)16-22)32-28(34)20-5-11-24(30)12-6-20/h3-16H,1-2H3,(H,31,33)(H,32,34). The SMILES string of the molecule is Cc1cc(-c2ccc(NC(=O)c3ccc(F)cc3)c(C)c2)ccc1NC(=O)c1ccc(F)cc1. The Morgan fingerprint density at radius 3 is 1.24 bits per heavy atom. The van der Waals surface area contributed by atoms with Gasteiger partial charge >= 0.3 is 0 Å². The van der Waals surface area contributed by atoms with Gasteiger partial charge in [0.15, 0.2) is 0 Å². The van der Waals surface area contributed by atoms with Crippen molar-refractivity contribution in [2.24, 2.45) is 0 Å². The van der Waals surface area contributed by atoms with Crippen molar-refractivity contribution in [3.8, 4) is 11.1 Å². The normalized spacial score (nSPS) is 10.6. The van der Waals surface area contributed by atoms with Crippen LogP contribution in [0.25, 0.3) is 11.1 Å². The van der Waals surface area contributed by atoms with Crippen LogP contribution in [0.1, 0.15) is 31.8 Å². The number of aryl methyl sites for hydroxylation is 2. The number of anilines is 2. The largest absolute Gasteiger partial charge is 0.322 e. The topological polar surface area (TPSA) is 58.2 Å². The highest BCUT2D eigenvalue weighted by Crippen LogP contribution is 2.28. The summed E-state index contributed by atoms with van der Waals surface area (Å²) in [6.07, 6.45) is 0. The van der Waals surface area contributed by atoms with Gasteiger partial charge in [-0.3, -0.25) is 9.59 Å². The fourth-order valence-corrected chi connectivity index (χ4v) is 3.56. The van der Waals surface area contributed by atoms with Gasteiger partial charge in [-0.2, -0.15) is 0 Å². The molecule has 2 N–H and O–H groups in total. The summed E-state index contributed by atoms with van der Waals surface area (Å²) >= 11 is 0. The second kappa shape index (κ2) is 9.67. The van der Waals surface area contributed by atoms with Gasteiger partial charge in [0, 0.05) is 22.5 Å². The Kier molecular flexibility index (Phi) is 6.50. The van der Waals surface area contributed by atoms with Crippen molar-refractivity contribution in [2.75, 3.05) is 10.6 Å². The number of nitrogens with one attached hydrogen (secondary N) is 2. The minimum atomic E-state index is -0.395. The molecule has 4 aromatic carbocycles. The van der Waals surface area contributed by atoms with Crippen LogP contribution in [0.15, 0.2) is 84.9 Å². The van der Waals surface area contributed by atoms with Crippen LogP contribution in [0.4, 0.5) is 20.2 Å². The average Bonchev–Trinajstić information content (AvgIpc) is 2.82. The zero-order valence-electron chi connectivity index (χ0n) is 18.7. The van der Waals surface area contributed by atoms with Gasteiger partial charge in [0.05, 0.1) is 0 Å². The zero-order valence-corrected chi connectivity index (χ0v) is 18.7. The van der Waals surface area contributed by atoms with E-state index >= 15 is 0 Å². The van der Waals surface area contributed by atoms with E-state index in [9.17, 15) is 18.4 Å². The van der Waals surface area contributed by atoms with Gasteiger partial charge in [0.2, 0.25) is 0 Å². The molecule has 0 saturated heterocycles. The molecular formula is C28H22F2N2O2. The summed E-state index contributed by atoms with van der Waals surface area (Å²) in [7, 11) is 0. The fraction of sp³-hybridized carbons (Fsp3) is 0.0714. The number of hydrogen-bond acceptors (Lipinski definition) is 2. The molecule has 6 heteroatoms. The molecule has 0 saturated carbocycles. The molecule has 0 heterocycles. The van der Waals surface area contributed by atoms with E-state index in [2.05, 4.69) is 10.6 Å². The molecule has 4 rings (SSSR count). The lowest BCUT2D eigenvalue weighted by Gasteiger charge is -2.13. The predicted molar refractivity (Wildman–Crippen MR) is 130 cm³/mol. The predicted octanol–water partition coefficient (Wildman–Crippen LogP) is 6.75. The Balaban J connectivity index is 1.48. The van der Waals surface area contributed by atoms with Crippen molar-refractivity contribution in [3.63, 3.8) is 0 Å². The Morgan fingerprint density at radius 1 is 0.559 bits per heavy atom. The van der Waals surface area contributed by atoms with E-state index in [1.54, 1.807) is 0 Å². The summed E-state index contributed by atoms with van der Waals surface area (Å²) in [4.78, 5) is 24.9. The monoisotopic (exact) mass is 456 g/mol. The molecule has 0 aliphatic heterocycles. The molecule has 2 amide bonds. The maximum atomic E-state index is 13.1. The molecular weight excluding hydrogens is 434 g/mol. The smallest absolute Gasteiger partial charge is 0.255 e. The van der Waals surface area contributed by atoms with E-state index in [0.717, 1.165) is 22.3 Å². The van der Waals surface area contributed by atoms with Crippen LogP contribution in [0.2, 0.25) is 0 Å². The number of rotatable bonds is 5. The van der Waals surface area contributed by atoms with E-state index in [-0.39, 0.29) is 11.8 Å².